The van der Waals surface area contributed by atoms with E-state index in [2.05, 4.69) is 29.4 Å². The Bertz CT molecular complexity index is 377. The molecule has 100 valence electrons. The zero-order valence-corrected chi connectivity index (χ0v) is 11.3. The van der Waals surface area contributed by atoms with Gasteiger partial charge in [0.1, 0.15) is 0 Å². The van der Waals surface area contributed by atoms with Crippen LogP contribution in [0, 0.1) is 0 Å². The SMILES string of the molecule is CCCNC(N)=NCc1ccccc1COCC. The highest BCUT2D eigenvalue weighted by atomic mass is 16.5. The zero-order valence-electron chi connectivity index (χ0n) is 11.3. The molecule has 18 heavy (non-hydrogen) atoms. The maximum absolute atomic E-state index is 5.77. The van der Waals surface area contributed by atoms with Gasteiger partial charge in [-0.25, -0.2) is 4.99 Å². The van der Waals surface area contributed by atoms with Gasteiger partial charge >= 0.3 is 0 Å². The van der Waals surface area contributed by atoms with E-state index in [1.54, 1.807) is 0 Å². The topological polar surface area (TPSA) is 59.6 Å². The third-order valence-electron chi connectivity index (χ3n) is 2.56. The number of hydrogen-bond donors (Lipinski definition) is 2. The van der Waals surface area contributed by atoms with E-state index in [9.17, 15) is 0 Å². The van der Waals surface area contributed by atoms with Crippen LogP contribution in [0.5, 0.6) is 0 Å². The van der Waals surface area contributed by atoms with Crippen LogP contribution < -0.4 is 11.1 Å². The van der Waals surface area contributed by atoms with Crippen LogP contribution >= 0.6 is 0 Å². The van der Waals surface area contributed by atoms with Crippen molar-refractivity contribution >= 4 is 5.96 Å². The predicted octanol–water partition coefficient (Wildman–Crippen LogP) is 2.04. The molecule has 1 aromatic rings. The van der Waals surface area contributed by atoms with Gasteiger partial charge in [-0.2, -0.15) is 0 Å². The fourth-order valence-electron chi connectivity index (χ4n) is 1.54. The highest BCUT2D eigenvalue weighted by Crippen LogP contribution is 2.11. The zero-order chi connectivity index (χ0) is 13.2. The molecule has 0 aliphatic carbocycles. The summed E-state index contributed by atoms with van der Waals surface area (Å²) in [7, 11) is 0. The third kappa shape index (κ3) is 5.19. The molecule has 1 rings (SSSR count). The quantitative estimate of drug-likeness (QED) is 0.574. The number of nitrogens with zero attached hydrogens (tertiary/aromatic N) is 1. The van der Waals surface area contributed by atoms with Crippen molar-refractivity contribution in [1.29, 1.82) is 0 Å². The summed E-state index contributed by atoms with van der Waals surface area (Å²) in [5.74, 6) is 0.503. The lowest BCUT2D eigenvalue weighted by molar-refractivity contribution is 0.133. The smallest absolute Gasteiger partial charge is 0.188 e. The molecule has 0 amide bonds. The van der Waals surface area contributed by atoms with Gasteiger partial charge in [0.05, 0.1) is 13.2 Å². The van der Waals surface area contributed by atoms with Gasteiger partial charge in [-0.3, -0.25) is 0 Å². The number of nitrogens with one attached hydrogen (secondary N) is 1. The molecular formula is C14H23N3O. The molecule has 3 N–H and O–H groups in total. The van der Waals surface area contributed by atoms with Gasteiger partial charge in [0.2, 0.25) is 0 Å². The standard InChI is InChI=1S/C14H23N3O/c1-3-9-16-14(15)17-10-12-7-5-6-8-13(12)11-18-4-2/h5-8H,3-4,9-11H2,1-2H3,(H3,15,16,17). The molecule has 1 aromatic carbocycles. The summed E-state index contributed by atoms with van der Waals surface area (Å²) in [5.41, 5.74) is 8.10. The van der Waals surface area contributed by atoms with Gasteiger partial charge < -0.3 is 15.8 Å². The first kappa shape index (κ1) is 14.5. The normalized spacial score (nSPS) is 11.6. The largest absolute Gasteiger partial charge is 0.377 e. The van der Waals surface area contributed by atoms with Crippen LogP contribution in [0.25, 0.3) is 0 Å². The number of rotatable bonds is 7. The summed E-state index contributed by atoms with van der Waals surface area (Å²) in [6, 6.07) is 8.15. The van der Waals surface area contributed by atoms with Crippen LogP contribution in [0.4, 0.5) is 0 Å². The molecule has 0 aliphatic rings. The first-order valence-corrected chi connectivity index (χ1v) is 6.46. The Hall–Kier alpha value is -1.55. The molecule has 0 fully saturated rings. The van der Waals surface area contributed by atoms with E-state index in [1.807, 2.05) is 19.1 Å². The van der Waals surface area contributed by atoms with E-state index >= 15 is 0 Å². The highest BCUT2D eigenvalue weighted by Gasteiger charge is 2.01. The fourth-order valence-corrected chi connectivity index (χ4v) is 1.54. The summed E-state index contributed by atoms with van der Waals surface area (Å²) in [6.45, 7) is 6.88. The Morgan fingerprint density at radius 3 is 2.67 bits per heavy atom. The molecular weight excluding hydrogens is 226 g/mol. The summed E-state index contributed by atoms with van der Waals surface area (Å²) in [6.07, 6.45) is 1.04. The molecule has 0 atom stereocenters. The van der Waals surface area contributed by atoms with Gasteiger partial charge in [0.15, 0.2) is 5.96 Å². The maximum atomic E-state index is 5.77. The molecule has 0 spiro atoms. The van der Waals surface area contributed by atoms with Crippen LogP contribution in [0.2, 0.25) is 0 Å². The Morgan fingerprint density at radius 2 is 2.00 bits per heavy atom. The van der Waals surface area contributed by atoms with E-state index in [0.717, 1.165) is 25.1 Å². The molecule has 4 nitrogen and oxygen atoms in total. The van der Waals surface area contributed by atoms with Crippen molar-refractivity contribution in [2.45, 2.75) is 33.4 Å². The molecule has 0 radical (unpaired) electrons. The summed E-state index contributed by atoms with van der Waals surface area (Å²) in [5, 5.41) is 3.06. The average Bonchev–Trinajstić information content (AvgIpc) is 2.41. The summed E-state index contributed by atoms with van der Waals surface area (Å²) >= 11 is 0. The van der Waals surface area contributed by atoms with Crippen molar-refractivity contribution in [3.05, 3.63) is 35.4 Å². The molecule has 4 heteroatoms. The van der Waals surface area contributed by atoms with Crippen molar-refractivity contribution in [3.8, 4) is 0 Å². The van der Waals surface area contributed by atoms with Gasteiger partial charge in [-0.05, 0) is 24.5 Å². The number of hydrogen-bond acceptors (Lipinski definition) is 2. The summed E-state index contributed by atoms with van der Waals surface area (Å²) < 4.78 is 5.44. The predicted molar refractivity (Wildman–Crippen MR) is 75.4 cm³/mol. The van der Waals surface area contributed by atoms with Gasteiger partial charge in [-0.1, -0.05) is 31.2 Å². The number of nitrogens with two attached hydrogens (primary N) is 1. The molecule has 0 heterocycles. The van der Waals surface area contributed by atoms with Crippen LogP contribution in [-0.4, -0.2) is 19.1 Å². The maximum Gasteiger partial charge on any atom is 0.188 e. The lowest BCUT2D eigenvalue weighted by Gasteiger charge is -2.08. The first-order chi connectivity index (χ1) is 8.77. The Labute approximate surface area is 109 Å². The van der Waals surface area contributed by atoms with Gasteiger partial charge in [-0.15, -0.1) is 0 Å². The Balaban J connectivity index is 2.60. The minimum absolute atomic E-state index is 0.503. The number of ether oxygens (including phenoxy) is 1. The minimum atomic E-state index is 0.503. The fraction of sp³-hybridized carbons (Fsp3) is 0.500. The van der Waals surface area contributed by atoms with Crippen LogP contribution in [-0.2, 0) is 17.9 Å². The molecule has 0 aromatic heterocycles. The highest BCUT2D eigenvalue weighted by molar-refractivity contribution is 5.77. The van der Waals surface area contributed by atoms with E-state index in [1.165, 1.54) is 5.56 Å². The second-order valence-corrected chi connectivity index (χ2v) is 4.03. The van der Waals surface area contributed by atoms with Crippen LogP contribution in [0.1, 0.15) is 31.4 Å². The number of benzene rings is 1. The number of guanidine groups is 1. The van der Waals surface area contributed by atoms with E-state index < -0.39 is 0 Å². The molecule has 0 aliphatic heterocycles. The minimum Gasteiger partial charge on any atom is -0.377 e. The lowest BCUT2D eigenvalue weighted by atomic mass is 10.1. The average molecular weight is 249 g/mol. The Kier molecular flexibility index (Phi) is 6.87. The Morgan fingerprint density at radius 1 is 1.28 bits per heavy atom. The first-order valence-electron chi connectivity index (χ1n) is 6.46. The molecule has 0 saturated heterocycles. The van der Waals surface area contributed by atoms with Crippen LogP contribution in [0.15, 0.2) is 29.3 Å². The second-order valence-electron chi connectivity index (χ2n) is 4.03. The molecule has 0 unspecified atom stereocenters. The molecule has 0 bridgehead atoms. The van der Waals surface area contributed by atoms with Crippen molar-refractivity contribution in [2.24, 2.45) is 10.7 Å². The van der Waals surface area contributed by atoms with Crippen molar-refractivity contribution in [2.75, 3.05) is 13.2 Å². The van der Waals surface area contributed by atoms with Crippen LogP contribution in [0.3, 0.4) is 0 Å². The third-order valence-corrected chi connectivity index (χ3v) is 2.56. The van der Waals surface area contributed by atoms with Crippen molar-refractivity contribution < 1.29 is 4.74 Å². The summed E-state index contributed by atoms with van der Waals surface area (Å²) in [4.78, 5) is 4.33. The van der Waals surface area contributed by atoms with Crippen molar-refractivity contribution in [1.82, 2.24) is 5.32 Å². The van der Waals surface area contributed by atoms with E-state index in [0.29, 0.717) is 19.1 Å². The van der Waals surface area contributed by atoms with Crippen molar-refractivity contribution in [3.63, 3.8) is 0 Å². The monoisotopic (exact) mass is 249 g/mol. The lowest BCUT2D eigenvalue weighted by Crippen LogP contribution is -2.32. The number of aliphatic imine (C=N–C) groups is 1. The molecule has 0 saturated carbocycles. The second kappa shape index (κ2) is 8.53. The van der Waals surface area contributed by atoms with Gasteiger partial charge in [0, 0.05) is 13.2 Å². The van der Waals surface area contributed by atoms with Gasteiger partial charge in [0.25, 0.3) is 0 Å². The van der Waals surface area contributed by atoms with E-state index in [4.69, 9.17) is 10.5 Å². The van der Waals surface area contributed by atoms with E-state index in [-0.39, 0.29) is 0 Å².